The summed E-state index contributed by atoms with van der Waals surface area (Å²) < 4.78 is 11.2. The number of ether oxygens (including phenoxy) is 2. The second-order valence-electron chi connectivity index (χ2n) is 7.03. The Morgan fingerprint density at radius 1 is 1.14 bits per heavy atom. The SMILES string of the molecule is CCCCC(C)CC(C)(C)OC1OC(CO)C(O)C(O)C1O. The van der Waals surface area contributed by atoms with Crippen molar-refractivity contribution in [1.82, 2.24) is 0 Å². The van der Waals surface area contributed by atoms with Gasteiger partial charge in [-0.3, -0.25) is 0 Å². The molecule has 0 aliphatic carbocycles. The lowest BCUT2D eigenvalue weighted by molar-refractivity contribution is -0.324. The highest BCUT2D eigenvalue weighted by molar-refractivity contribution is 4.90. The van der Waals surface area contributed by atoms with E-state index in [1.165, 1.54) is 0 Å². The Balaban J connectivity index is 2.62. The minimum atomic E-state index is -1.40. The van der Waals surface area contributed by atoms with E-state index in [0.29, 0.717) is 5.92 Å². The van der Waals surface area contributed by atoms with E-state index in [1.807, 2.05) is 13.8 Å². The van der Waals surface area contributed by atoms with Gasteiger partial charge in [-0.2, -0.15) is 0 Å². The molecule has 0 saturated carbocycles. The molecule has 1 fully saturated rings. The molecular formula is C16H32O6. The highest BCUT2D eigenvalue weighted by Gasteiger charge is 2.45. The molecule has 4 N–H and O–H groups in total. The molecule has 0 aromatic heterocycles. The molecule has 6 nitrogen and oxygen atoms in total. The molecule has 0 bridgehead atoms. The van der Waals surface area contributed by atoms with Gasteiger partial charge in [0, 0.05) is 0 Å². The molecule has 132 valence electrons. The van der Waals surface area contributed by atoms with Crippen LogP contribution in [0.15, 0.2) is 0 Å². The summed E-state index contributed by atoms with van der Waals surface area (Å²) in [5, 5.41) is 38.8. The third-order valence-corrected chi connectivity index (χ3v) is 4.17. The second kappa shape index (κ2) is 8.57. The Morgan fingerprint density at radius 2 is 1.77 bits per heavy atom. The van der Waals surface area contributed by atoms with Crippen LogP contribution in [0.4, 0.5) is 0 Å². The molecule has 1 heterocycles. The first-order valence-corrected chi connectivity index (χ1v) is 8.20. The van der Waals surface area contributed by atoms with Crippen molar-refractivity contribution in [3.63, 3.8) is 0 Å². The third kappa shape index (κ3) is 5.44. The van der Waals surface area contributed by atoms with Gasteiger partial charge in [0.25, 0.3) is 0 Å². The Bertz CT molecular complexity index is 320. The van der Waals surface area contributed by atoms with E-state index in [2.05, 4.69) is 13.8 Å². The summed E-state index contributed by atoms with van der Waals surface area (Å²) in [6.07, 6.45) is -1.88. The molecule has 0 aromatic carbocycles. The van der Waals surface area contributed by atoms with E-state index in [-0.39, 0.29) is 0 Å². The van der Waals surface area contributed by atoms with E-state index < -0.39 is 42.9 Å². The van der Waals surface area contributed by atoms with Crippen LogP contribution in [-0.2, 0) is 9.47 Å². The van der Waals surface area contributed by atoms with Crippen molar-refractivity contribution < 1.29 is 29.9 Å². The predicted octanol–water partition coefficient (Wildman–Crippen LogP) is 0.798. The van der Waals surface area contributed by atoms with Gasteiger partial charge in [0.15, 0.2) is 6.29 Å². The third-order valence-electron chi connectivity index (χ3n) is 4.17. The molecule has 0 spiro atoms. The van der Waals surface area contributed by atoms with Crippen LogP contribution in [-0.4, -0.2) is 63.3 Å². The largest absolute Gasteiger partial charge is 0.394 e. The zero-order valence-electron chi connectivity index (χ0n) is 14.1. The molecular weight excluding hydrogens is 288 g/mol. The smallest absolute Gasteiger partial charge is 0.187 e. The Kier molecular flexibility index (Phi) is 7.71. The molecule has 1 saturated heterocycles. The van der Waals surface area contributed by atoms with Crippen LogP contribution in [0.2, 0.25) is 0 Å². The van der Waals surface area contributed by atoms with Crippen molar-refractivity contribution in [3.05, 3.63) is 0 Å². The highest BCUT2D eigenvalue weighted by Crippen LogP contribution is 2.30. The van der Waals surface area contributed by atoms with E-state index >= 15 is 0 Å². The number of hydrogen-bond donors (Lipinski definition) is 4. The molecule has 1 aliphatic heterocycles. The molecule has 1 rings (SSSR count). The van der Waals surface area contributed by atoms with Gasteiger partial charge < -0.3 is 29.9 Å². The van der Waals surface area contributed by atoms with Crippen LogP contribution in [0, 0.1) is 5.92 Å². The minimum absolute atomic E-state index is 0.446. The molecule has 6 atom stereocenters. The Hall–Kier alpha value is -0.240. The van der Waals surface area contributed by atoms with Gasteiger partial charge >= 0.3 is 0 Å². The number of rotatable bonds is 8. The van der Waals surface area contributed by atoms with Crippen molar-refractivity contribution in [2.24, 2.45) is 5.92 Å². The van der Waals surface area contributed by atoms with Gasteiger partial charge in [-0.25, -0.2) is 0 Å². The van der Waals surface area contributed by atoms with Crippen molar-refractivity contribution >= 4 is 0 Å². The van der Waals surface area contributed by atoms with Crippen LogP contribution < -0.4 is 0 Å². The summed E-state index contributed by atoms with van der Waals surface area (Å²) in [4.78, 5) is 0. The standard InChI is InChI=1S/C16H32O6/c1-5-6-7-10(2)8-16(3,4)22-15-14(20)13(19)12(18)11(9-17)21-15/h10-15,17-20H,5-9H2,1-4H3. The number of aliphatic hydroxyl groups excluding tert-OH is 4. The second-order valence-corrected chi connectivity index (χ2v) is 7.03. The van der Waals surface area contributed by atoms with E-state index in [4.69, 9.17) is 9.47 Å². The molecule has 6 heteroatoms. The molecule has 6 unspecified atom stereocenters. The maximum atomic E-state index is 10.0. The maximum Gasteiger partial charge on any atom is 0.187 e. The summed E-state index contributed by atoms with van der Waals surface area (Å²) in [5.41, 5.74) is -0.541. The fourth-order valence-corrected chi connectivity index (χ4v) is 3.02. The maximum absolute atomic E-state index is 10.0. The van der Waals surface area contributed by atoms with E-state index in [0.717, 1.165) is 25.7 Å². The zero-order valence-corrected chi connectivity index (χ0v) is 14.1. The van der Waals surface area contributed by atoms with Gasteiger partial charge in [0.1, 0.15) is 24.4 Å². The average molecular weight is 320 g/mol. The fourth-order valence-electron chi connectivity index (χ4n) is 3.02. The Morgan fingerprint density at radius 3 is 2.32 bits per heavy atom. The molecule has 0 amide bonds. The van der Waals surface area contributed by atoms with Crippen LogP contribution in [0.3, 0.4) is 0 Å². The first-order chi connectivity index (χ1) is 10.2. The van der Waals surface area contributed by atoms with Crippen molar-refractivity contribution in [2.45, 2.75) is 89.7 Å². The van der Waals surface area contributed by atoms with Crippen LogP contribution in [0.1, 0.15) is 53.4 Å². The summed E-state index contributed by atoms with van der Waals surface area (Å²) in [6, 6.07) is 0. The van der Waals surface area contributed by atoms with Crippen LogP contribution in [0.25, 0.3) is 0 Å². The van der Waals surface area contributed by atoms with E-state index in [1.54, 1.807) is 0 Å². The summed E-state index contributed by atoms with van der Waals surface area (Å²) in [6.45, 7) is 7.70. The van der Waals surface area contributed by atoms with Crippen molar-refractivity contribution in [3.8, 4) is 0 Å². The first kappa shape index (κ1) is 19.8. The lowest BCUT2D eigenvalue weighted by atomic mass is 9.90. The van der Waals surface area contributed by atoms with Gasteiger partial charge in [-0.1, -0.05) is 33.1 Å². The number of unbranched alkanes of at least 4 members (excludes halogenated alkanes) is 1. The average Bonchev–Trinajstić information content (AvgIpc) is 2.45. The summed E-state index contributed by atoms with van der Waals surface area (Å²) in [5.74, 6) is 0.472. The summed E-state index contributed by atoms with van der Waals surface area (Å²) in [7, 11) is 0. The van der Waals surface area contributed by atoms with Crippen LogP contribution >= 0.6 is 0 Å². The van der Waals surface area contributed by atoms with Gasteiger partial charge in [0.05, 0.1) is 12.2 Å². The highest BCUT2D eigenvalue weighted by atomic mass is 16.7. The topological polar surface area (TPSA) is 99.4 Å². The molecule has 0 radical (unpaired) electrons. The fraction of sp³-hybridized carbons (Fsp3) is 1.00. The zero-order chi connectivity index (χ0) is 16.9. The quantitative estimate of drug-likeness (QED) is 0.528. The number of hydrogen-bond acceptors (Lipinski definition) is 6. The predicted molar refractivity (Wildman–Crippen MR) is 82.2 cm³/mol. The molecule has 22 heavy (non-hydrogen) atoms. The first-order valence-electron chi connectivity index (χ1n) is 8.20. The lowest BCUT2D eigenvalue weighted by Crippen LogP contribution is -2.60. The van der Waals surface area contributed by atoms with Gasteiger partial charge in [0.2, 0.25) is 0 Å². The van der Waals surface area contributed by atoms with Crippen molar-refractivity contribution in [2.75, 3.05) is 6.61 Å². The number of aliphatic hydroxyl groups is 4. The van der Waals surface area contributed by atoms with Gasteiger partial charge in [-0.05, 0) is 26.2 Å². The molecule has 1 aliphatic rings. The monoisotopic (exact) mass is 320 g/mol. The lowest BCUT2D eigenvalue weighted by Gasteiger charge is -2.43. The Labute approximate surface area is 133 Å². The van der Waals surface area contributed by atoms with Crippen LogP contribution in [0.5, 0.6) is 0 Å². The van der Waals surface area contributed by atoms with Crippen molar-refractivity contribution in [1.29, 1.82) is 0 Å². The van der Waals surface area contributed by atoms with E-state index in [9.17, 15) is 20.4 Å². The minimum Gasteiger partial charge on any atom is -0.394 e. The molecule has 0 aromatic rings. The summed E-state index contributed by atoms with van der Waals surface area (Å²) >= 11 is 0. The van der Waals surface area contributed by atoms with Gasteiger partial charge in [-0.15, -0.1) is 0 Å². The normalized spacial score (nSPS) is 34.6.